The lowest BCUT2D eigenvalue weighted by molar-refractivity contribution is -0.124. The van der Waals surface area contributed by atoms with Crippen LogP contribution < -0.4 is 15.5 Å². The summed E-state index contributed by atoms with van der Waals surface area (Å²) in [6, 6.07) is -0.718. The third-order valence-electron chi connectivity index (χ3n) is 4.81. The number of carbonyl (C=O) groups is 2. The largest absolute Gasteiger partial charge is 0.408 e. The van der Waals surface area contributed by atoms with Crippen LogP contribution in [0.1, 0.15) is 32.1 Å². The first-order valence-electron chi connectivity index (χ1n) is 8.86. The van der Waals surface area contributed by atoms with Crippen LogP contribution in [0.15, 0.2) is 4.42 Å². The van der Waals surface area contributed by atoms with Gasteiger partial charge >= 0.3 is 12.0 Å². The molecule has 2 aliphatic rings. The average molecular weight is 368 g/mol. The van der Waals surface area contributed by atoms with Crippen LogP contribution in [0.4, 0.5) is 15.2 Å². The molecule has 2 fully saturated rings. The highest BCUT2D eigenvalue weighted by Crippen LogP contribution is 2.27. The van der Waals surface area contributed by atoms with Crippen molar-refractivity contribution in [2.24, 2.45) is 0 Å². The molecule has 1 aromatic rings. The minimum Gasteiger partial charge on any atom is -0.408 e. The van der Waals surface area contributed by atoms with E-state index < -0.39 is 18.2 Å². The number of nitrogens with one attached hydrogen (secondary N) is 2. The fourth-order valence-corrected chi connectivity index (χ4v) is 3.03. The quantitative estimate of drug-likeness (QED) is 0.758. The minimum absolute atomic E-state index is 0.183. The predicted molar refractivity (Wildman–Crippen MR) is 91.5 cm³/mol. The van der Waals surface area contributed by atoms with Crippen molar-refractivity contribution in [3.63, 3.8) is 0 Å². The molecule has 0 bridgehead atoms. The number of aryl methyl sites for hydroxylation is 1. The number of halogens is 1. The van der Waals surface area contributed by atoms with Gasteiger partial charge in [-0.1, -0.05) is 5.10 Å². The van der Waals surface area contributed by atoms with Gasteiger partial charge in [0.1, 0.15) is 6.17 Å². The Morgan fingerprint density at radius 1 is 1.42 bits per heavy atom. The van der Waals surface area contributed by atoms with Crippen molar-refractivity contribution < 1.29 is 18.4 Å². The molecule has 1 aromatic heterocycles. The van der Waals surface area contributed by atoms with Crippen molar-refractivity contribution in [3.8, 4) is 0 Å². The number of carbonyl (C=O) groups excluding carboxylic acids is 2. The summed E-state index contributed by atoms with van der Waals surface area (Å²) in [5, 5.41) is 12.8. The Labute approximate surface area is 151 Å². The Hall–Kier alpha value is -2.23. The van der Waals surface area contributed by atoms with E-state index in [9.17, 15) is 14.0 Å². The molecule has 2 heterocycles. The smallest absolute Gasteiger partial charge is 0.321 e. The molecule has 26 heavy (non-hydrogen) atoms. The summed E-state index contributed by atoms with van der Waals surface area (Å²) >= 11 is 0. The van der Waals surface area contributed by atoms with Crippen LogP contribution in [0, 0.1) is 6.92 Å². The molecule has 1 saturated carbocycles. The van der Waals surface area contributed by atoms with Crippen molar-refractivity contribution in [1.82, 2.24) is 25.7 Å². The lowest BCUT2D eigenvalue weighted by Gasteiger charge is -2.30. The van der Waals surface area contributed by atoms with Crippen molar-refractivity contribution in [2.45, 2.75) is 57.4 Å². The monoisotopic (exact) mass is 368 g/mol. The number of urea groups is 1. The highest BCUT2D eigenvalue weighted by atomic mass is 19.1. The Kier molecular flexibility index (Phi) is 5.40. The predicted octanol–water partition coefficient (Wildman–Crippen LogP) is 0.603. The summed E-state index contributed by atoms with van der Waals surface area (Å²) in [5.74, 6) is 0.0319. The average Bonchev–Trinajstić information content (AvgIpc) is 3.15. The van der Waals surface area contributed by atoms with E-state index in [1.165, 1.54) is 0 Å². The SMILES string of the molecule is Cc1nnc(N2C[C@@H](F)C[C@H]2CN(C)C(C)C(=O)NC(=O)NC2CC2)o1. The maximum atomic E-state index is 13.9. The van der Waals surface area contributed by atoms with Crippen LogP contribution in [0.25, 0.3) is 0 Å². The first-order chi connectivity index (χ1) is 12.3. The number of nitrogens with zero attached hydrogens (tertiary/aromatic N) is 4. The molecule has 10 heteroatoms. The number of aromatic nitrogens is 2. The molecule has 3 atom stereocenters. The lowest BCUT2D eigenvalue weighted by atomic mass is 10.1. The molecule has 0 radical (unpaired) electrons. The summed E-state index contributed by atoms with van der Waals surface area (Å²) in [4.78, 5) is 27.5. The van der Waals surface area contributed by atoms with Gasteiger partial charge in [-0.3, -0.25) is 15.0 Å². The molecule has 1 aliphatic heterocycles. The molecule has 3 amide bonds. The molecule has 9 nitrogen and oxygen atoms in total. The molecule has 1 unspecified atom stereocenters. The van der Waals surface area contributed by atoms with Gasteiger partial charge in [0.2, 0.25) is 11.8 Å². The third kappa shape index (κ3) is 4.48. The van der Waals surface area contributed by atoms with Gasteiger partial charge in [0, 0.05) is 32.0 Å². The summed E-state index contributed by atoms with van der Waals surface area (Å²) in [7, 11) is 1.77. The number of rotatable bonds is 6. The molecule has 0 spiro atoms. The van der Waals surface area contributed by atoms with Crippen molar-refractivity contribution in [3.05, 3.63) is 5.89 Å². The van der Waals surface area contributed by atoms with E-state index in [2.05, 4.69) is 20.8 Å². The minimum atomic E-state index is -0.992. The third-order valence-corrected chi connectivity index (χ3v) is 4.81. The number of amides is 3. The second-order valence-corrected chi connectivity index (χ2v) is 7.10. The van der Waals surface area contributed by atoms with Crippen molar-refractivity contribution in [1.29, 1.82) is 0 Å². The number of likely N-dealkylation sites (N-methyl/N-ethyl adjacent to an activating group) is 1. The fourth-order valence-electron chi connectivity index (χ4n) is 3.03. The van der Waals surface area contributed by atoms with E-state index in [1.54, 1.807) is 30.7 Å². The van der Waals surface area contributed by atoms with Gasteiger partial charge in [-0.05, 0) is 26.8 Å². The summed E-state index contributed by atoms with van der Waals surface area (Å²) in [6.45, 7) is 4.01. The van der Waals surface area contributed by atoms with Crippen molar-refractivity contribution in [2.75, 3.05) is 25.0 Å². The highest BCUT2D eigenvalue weighted by molar-refractivity contribution is 5.96. The summed E-state index contributed by atoms with van der Waals surface area (Å²) < 4.78 is 19.4. The zero-order chi connectivity index (χ0) is 18.8. The van der Waals surface area contributed by atoms with Gasteiger partial charge in [0.15, 0.2) is 0 Å². The van der Waals surface area contributed by atoms with Gasteiger partial charge < -0.3 is 14.6 Å². The van der Waals surface area contributed by atoms with Crippen molar-refractivity contribution >= 4 is 18.0 Å². The molecule has 2 N–H and O–H groups in total. The second-order valence-electron chi connectivity index (χ2n) is 7.10. The van der Waals surface area contributed by atoms with E-state index in [-0.39, 0.29) is 24.5 Å². The molecular formula is C16H25FN6O3. The van der Waals surface area contributed by atoms with E-state index in [0.717, 1.165) is 12.8 Å². The Morgan fingerprint density at radius 2 is 2.15 bits per heavy atom. The maximum Gasteiger partial charge on any atom is 0.321 e. The number of alkyl halides is 1. The maximum absolute atomic E-state index is 13.9. The van der Waals surface area contributed by atoms with Crippen LogP contribution in [0.3, 0.4) is 0 Å². The Bertz CT molecular complexity index is 664. The van der Waals surface area contributed by atoms with Gasteiger partial charge in [-0.25, -0.2) is 9.18 Å². The van der Waals surface area contributed by atoms with Gasteiger partial charge in [0.05, 0.1) is 12.6 Å². The molecule has 144 valence electrons. The van der Waals surface area contributed by atoms with E-state index in [4.69, 9.17) is 4.42 Å². The Morgan fingerprint density at radius 3 is 2.77 bits per heavy atom. The second kappa shape index (κ2) is 7.56. The standard InChI is InChI=1S/C16H25FN6O3/c1-9(14(24)19-15(25)18-12-4-5-12)22(3)8-13-6-11(17)7-23(13)16-21-20-10(2)26-16/h9,11-13H,4-8H2,1-3H3,(H2,18,19,24,25)/t9?,11-,13-/m0/s1. The Balaban J connectivity index is 1.55. The van der Waals surface area contributed by atoms with E-state index in [1.807, 2.05) is 0 Å². The van der Waals surface area contributed by atoms with Gasteiger partial charge in [-0.15, -0.1) is 5.10 Å². The number of imide groups is 1. The molecule has 1 saturated heterocycles. The fraction of sp³-hybridized carbons (Fsp3) is 0.750. The summed E-state index contributed by atoms with van der Waals surface area (Å²) in [5.41, 5.74) is 0. The number of hydrogen-bond donors (Lipinski definition) is 2. The van der Waals surface area contributed by atoms with Crippen LogP contribution in [-0.4, -0.2) is 71.5 Å². The lowest BCUT2D eigenvalue weighted by Crippen LogP contribution is -2.51. The molecule has 0 aromatic carbocycles. The first-order valence-corrected chi connectivity index (χ1v) is 8.86. The van der Waals surface area contributed by atoms with Crippen LogP contribution in [-0.2, 0) is 4.79 Å². The van der Waals surface area contributed by atoms with Gasteiger partial charge in [0.25, 0.3) is 0 Å². The topological polar surface area (TPSA) is 104 Å². The van der Waals surface area contributed by atoms with Crippen LogP contribution >= 0.6 is 0 Å². The zero-order valence-corrected chi connectivity index (χ0v) is 15.2. The number of hydrogen-bond acceptors (Lipinski definition) is 7. The van der Waals surface area contributed by atoms with Crippen LogP contribution in [0.2, 0.25) is 0 Å². The summed E-state index contributed by atoms with van der Waals surface area (Å²) in [6.07, 6.45) is 1.24. The molecular weight excluding hydrogens is 343 g/mol. The van der Waals surface area contributed by atoms with Gasteiger partial charge in [-0.2, -0.15) is 0 Å². The first kappa shape index (κ1) is 18.6. The van der Waals surface area contributed by atoms with Crippen LogP contribution in [0.5, 0.6) is 0 Å². The van der Waals surface area contributed by atoms with E-state index >= 15 is 0 Å². The normalized spacial score (nSPS) is 24.0. The number of anilines is 1. The molecule has 3 rings (SSSR count). The zero-order valence-electron chi connectivity index (χ0n) is 15.2. The highest BCUT2D eigenvalue weighted by Gasteiger charge is 2.37. The van der Waals surface area contributed by atoms with E-state index in [0.29, 0.717) is 24.9 Å². The molecule has 1 aliphatic carbocycles.